The maximum absolute atomic E-state index is 11.2. The van der Waals surface area contributed by atoms with Crippen molar-refractivity contribution in [2.24, 2.45) is 5.92 Å². The van der Waals surface area contributed by atoms with Gasteiger partial charge in [-0.2, -0.15) is 0 Å². The summed E-state index contributed by atoms with van der Waals surface area (Å²) in [5.41, 5.74) is 0. The first kappa shape index (κ1) is 11.0. The summed E-state index contributed by atoms with van der Waals surface area (Å²) < 4.78 is 0. The second-order valence-electron chi connectivity index (χ2n) is 3.72. The Bertz CT molecular complexity index is 225. The van der Waals surface area contributed by atoms with Crippen molar-refractivity contribution in [3.63, 3.8) is 0 Å². The second-order valence-corrected chi connectivity index (χ2v) is 3.72. The summed E-state index contributed by atoms with van der Waals surface area (Å²) >= 11 is 0. The number of carbonyl (C=O) groups excluding carboxylic acids is 1. The van der Waals surface area contributed by atoms with Crippen LogP contribution in [-0.4, -0.2) is 35.0 Å². The number of carbonyl (C=O) groups is 2. The summed E-state index contributed by atoms with van der Waals surface area (Å²) in [6.07, 6.45) is 2.77. The Morgan fingerprint density at radius 3 is 2.79 bits per heavy atom. The molecule has 1 saturated heterocycles. The molecule has 1 aliphatic rings. The van der Waals surface area contributed by atoms with Gasteiger partial charge < -0.3 is 10.0 Å². The number of rotatable bonds is 5. The molecule has 0 aliphatic carbocycles. The average Bonchev–Trinajstić information content (AvgIpc) is 2.52. The predicted molar refractivity (Wildman–Crippen MR) is 51.8 cm³/mol. The van der Waals surface area contributed by atoms with Gasteiger partial charge in [-0.1, -0.05) is 6.92 Å². The molecule has 4 heteroatoms. The van der Waals surface area contributed by atoms with E-state index in [0.29, 0.717) is 25.8 Å². The van der Waals surface area contributed by atoms with Crippen molar-refractivity contribution in [1.29, 1.82) is 0 Å². The van der Waals surface area contributed by atoms with Crippen LogP contribution >= 0.6 is 0 Å². The van der Waals surface area contributed by atoms with Crippen LogP contribution in [0.1, 0.15) is 32.6 Å². The van der Waals surface area contributed by atoms with E-state index >= 15 is 0 Å². The van der Waals surface area contributed by atoms with Gasteiger partial charge in [0.25, 0.3) is 0 Å². The quantitative estimate of drug-likeness (QED) is 0.721. The Kier molecular flexibility index (Phi) is 3.92. The molecule has 0 saturated carbocycles. The fourth-order valence-electron chi connectivity index (χ4n) is 1.75. The lowest BCUT2D eigenvalue weighted by molar-refractivity contribution is -0.142. The minimum atomic E-state index is -0.751. The summed E-state index contributed by atoms with van der Waals surface area (Å²) in [5, 5.41) is 8.81. The number of hydrogen-bond acceptors (Lipinski definition) is 2. The third-order valence-electron chi connectivity index (χ3n) is 2.76. The number of nitrogens with zero attached hydrogens (tertiary/aromatic N) is 1. The van der Waals surface area contributed by atoms with Crippen LogP contribution in [0.3, 0.4) is 0 Å². The molecule has 14 heavy (non-hydrogen) atoms. The van der Waals surface area contributed by atoms with Gasteiger partial charge in [-0.25, -0.2) is 0 Å². The normalized spacial score (nSPS) is 18.6. The molecule has 0 aromatic carbocycles. The molecule has 1 unspecified atom stereocenters. The Hall–Kier alpha value is -1.06. The Morgan fingerprint density at radius 2 is 2.36 bits per heavy atom. The van der Waals surface area contributed by atoms with Crippen LogP contribution in [-0.2, 0) is 9.59 Å². The molecule has 0 spiro atoms. The molecular formula is C10H17NO3. The van der Waals surface area contributed by atoms with Gasteiger partial charge in [0.1, 0.15) is 0 Å². The van der Waals surface area contributed by atoms with Gasteiger partial charge >= 0.3 is 5.97 Å². The van der Waals surface area contributed by atoms with E-state index in [0.717, 1.165) is 13.0 Å². The first-order valence-electron chi connectivity index (χ1n) is 5.15. The highest BCUT2D eigenvalue weighted by Gasteiger charge is 2.22. The van der Waals surface area contributed by atoms with Crippen molar-refractivity contribution in [2.45, 2.75) is 32.6 Å². The number of likely N-dealkylation sites (tertiary alicyclic amines) is 1. The summed E-state index contributed by atoms with van der Waals surface area (Å²) in [4.78, 5) is 23.7. The zero-order valence-electron chi connectivity index (χ0n) is 8.53. The SMILES string of the molecule is CCC(CCN1CCCC1=O)C(=O)O. The van der Waals surface area contributed by atoms with Crippen LogP contribution in [0.4, 0.5) is 0 Å². The second kappa shape index (κ2) is 4.98. The van der Waals surface area contributed by atoms with E-state index in [1.54, 1.807) is 4.90 Å². The van der Waals surface area contributed by atoms with Crippen molar-refractivity contribution in [2.75, 3.05) is 13.1 Å². The van der Waals surface area contributed by atoms with Crippen LogP contribution in [0.15, 0.2) is 0 Å². The molecule has 1 rings (SSSR count). The molecule has 1 atom stereocenters. The lowest BCUT2D eigenvalue weighted by Gasteiger charge is -2.17. The Labute approximate surface area is 83.9 Å². The summed E-state index contributed by atoms with van der Waals surface area (Å²) in [6, 6.07) is 0. The third-order valence-corrected chi connectivity index (χ3v) is 2.76. The summed E-state index contributed by atoms with van der Waals surface area (Å²) in [7, 11) is 0. The van der Waals surface area contributed by atoms with E-state index in [4.69, 9.17) is 5.11 Å². The van der Waals surface area contributed by atoms with Gasteiger partial charge in [-0.15, -0.1) is 0 Å². The maximum atomic E-state index is 11.2. The van der Waals surface area contributed by atoms with Gasteiger partial charge in [0.05, 0.1) is 5.92 Å². The zero-order valence-corrected chi connectivity index (χ0v) is 8.53. The van der Waals surface area contributed by atoms with Crippen molar-refractivity contribution >= 4 is 11.9 Å². The zero-order chi connectivity index (χ0) is 10.6. The van der Waals surface area contributed by atoms with Crippen molar-refractivity contribution in [1.82, 2.24) is 4.90 Å². The fraction of sp³-hybridized carbons (Fsp3) is 0.800. The van der Waals surface area contributed by atoms with Crippen LogP contribution in [0.5, 0.6) is 0 Å². The van der Waals surface area contributed by atoms with Gasteiger partial charge in [0.15, 0.2) is 0 Å². The molecule has 1 amide bonds. The maximum Gasteiger partial charge on any atom is 0.306 e. The molecule has 0 bridgehead atoms. The lowest BCUT2D eigenvalue weighted by atomic mass is 10.0. The molecule has 1 heterocycles. The van der Waals surface area contributed by atoms with Crippen LogP contribution in [0.25, 0.3) is 0 Å². The Balaban J connectivity index is 2.31. The number of carboxylic acids is 1. The molecule has 4 nitrogen and oxygen atoms in total. The van der Waals surface area contributed by atoms with E-state index in [1.165, 1.54) is 0 Å². The largest absolute Gasteiger partial charge is 0.481 e. The third kappa shape index (κ3) is 2.72. The highest BCUT2D eigenvalue weighted by atomic mass is 16.4. The average molecular weight is 199 g/mol. The standard InChI is InChI=1S/C10H17NO3/c1-2-8(10(13)14)5-7-11-6-3-4-9(11)12/h8H,2-7H2,1H3,(H,13,14). The molecule has 1 N–H and O–H groups in total. The van der Waals surface area contributed by atoms with Crippen molar-refractivity contribution in [3.8, 4) is 0 Å². The van der Waals surface area contributed by atoms with Gasteiger partial charge in [-0.3, -0.25) is 9.59 Å². The van der Waals surface area contributed by atoms with E-state index in [9.17, 15) is 9.59 Å². The summed E-state index contributed by atoms with van der Waals surface area (Å²) in [5.74, 6) is -0.882. The fourth-order valence-corrected chi connectivity index (χ4v) is 1.75. The Morgan fingerprint density at radius 1 is 1.64 bits per heavy atom. The first-order valence-corrected chi connectivity index (χ1v) is 5.15. The summed E-state index contributed by atoms with van der Waals surface area (Å²) in [6.45, 7) is 3.27. The van der Waals surface area contributed by atoms with E-state index in [-0.39, 0.29) is 11.8 Å². The van der Waals surface area contributed by atoms with E-state index in [2.05, 4.69) is 0 Å². The number of amides is 1. The monoisotopic (exact) mass is 199 g/mol. The first-order chi connectivity index (χ1) is 6.65. The molecule has 1 aliphatic heterocycles. The molecular weight excluding hydrogens is 182 g/mol. The van der Waals surface area contributed by atoms with Crippen LogP contribution in [0.2, 0.25) is 0 Å². The smallest absolute Gasteiger partial charge is 0.306 e. The molecule has 0 aromatic heterocycles. The van der Waals surface area contributed by atoms with Crippen LogP contribution in [0, 0.1) is 5.92 Å². The topological polar surface area (TPSA) is 57.6 Å². The highest BCUT2D eigenvalue weighted by Crippen LogP contribution is 2.14. The lowest BCUT2D eigenvalue weighted by Crippen LogP contribution is -2.28. The molecule has 0 radical (unpaired) electrons. The molecule has 80 valence electrons. The number of aliphatic carboxylic acids is 1. The van der Waals surface area contributed by atoms with Crippen molar-refractivity contribution in [3.05, 3.63) is 0 Å². The van der Waals surface area contributed by atoms with Gasteiger partial charge in [-0.05, 0) is 19.3 Å². The van der Waals surface area contributed by atoms with Gasteiger partial charge in [0, 0.05) is 19.5 Å². The minimum absolute atomic E-state index is 0.172. The number of hydrogen-bond donors (Lipinski definition) is 1. The predicted octanol–water partition coefficient (Wildman–Crippen LogP) is 1.11. The molecule has 1 fully saturated rings. The van der Waals surface area contributed by atoms with Crippen LogP contribution < -0.4 is 0 Å². The van der Waals surface area contributed by atoms with Crippen molar-refractivity contribution < 1.29 is 14.7 Å². The highest BCUT2D eigenvalue weighted by molar-refractivity contribution is 5.78. The van der Waals surface area contributed by atoms with E-state index < -0.39 is 5.97 Å². The van der Waals surface area contributed by atoms with E-state index in [1.807, 2.05) is 6.92 Å². The van der Waals surface area contributed by atoms with Gasteiger partial charge in [0.2, 0.25) is 5.91 Å². The number of carboxylic acid groups (broad SMARTS) is 1. The molecule has 0 aromatic rings. The minimum Gasteiger partial charge on any atom is -0.481 e.